The first kappa shape index (κ1) is 90.2. The van der Waals surface area contributed by atoms with Crippen molar-refractivity contribution in [3.8, 4) is 0 Å². The molecule has 4 rings (SSSR count). The molecule has 556 valence electrons. The molecule has 0 aliphatic carbocycles. The number of anilines is 4. The maximum absolute atomic E-state index is 11.9. The van der Waals surface area contributed by atoms with Gasteiger partial charge in [0.05, 0.1) is 37.1 Å². The lowest BCUT2D eigenvalue weighted by Crippen LogP contribution is -2.22. The van der Waals surface area contributed by atoms with E-state index in [-0.39, 0.29) is 55.3 Å². The molecule has 0 bridgehead atoms. The molecule has 14 nitrogen and oxygen atoms in total. The summed E-state index contributed by atoms with van der Waals surface area (Å²) in [7, 11) is 0. The summed E-state index contributed by atoms with van der Waals surface area (Å²) < 4.78 is 32.8. The van der Waals surface area contributed by atoms with Gasteiger partial charge in [0.25, 0.3) is 0 Å². The van der Waals surface area contributed by atoms with E-state index in [1.54, 1.807) is 0 Å². The Kier molecular flexibility index (Phi) is 41.6. The van der Waals surface area contributed by atoms with Gasteiger partial charge in [-0.2, -0.15) is 0 Å². The fraction of sp³-hybridized carbons (Fsp3) is 0.667. The summed E-state index contributed by atoms with van der Waals surface area (Å²) in [6, 6.07) is 32.6. The topological polar surface area (TPSA) is 172 Å². The number of carbonyl (C=O) groups excluding carboxylic acids is 4. The summed E-state index contributed by atoms with van der Waals surface area (Å²) in [5.74, 6) is -0.297. The summed E-state index contributed by atoms with van der Waals surface area (Å²) in [4.78, 5) is 47.2. The zero-order chi connectivity index (χ0) is 74.3. The van der Waals surface area contributed by atoms with Crippen LogP contribution in [-0.2, 0) is 73.7 Å². The molecule has 0 fully saturated rings. The van der Waals surface area contributed by atoms with E-state index in [9.17, 15) is 19.2 Å². The van der Waals surface area contributed by atoms with Gasteiger partial charge >= 0.3 is 11.9 Å². The van der Waals surface area contributed by atoms with Crippen molar-refractivity contribution >= 4 is 46.3 Å². The summed E-state index contributed by atoms with van der Waals surface area (Å²) in [6.07, 6.45) is 11.0. The minimum absolute atomic E-state index is 0.0222. The van der Waals surface area contributed by atoms with Gasteiger partial charge in [0.15, 0.2) is 11.6 Å². The molecule has 0 aromatic heterocycles. The maximum atomic E-state index is 11.9. The molecule has 4 N–H and O–H groups in total. The van der Waals surface area contributed by atoms with Gasteiger partial charge in [-0.15, -0.1) is 0 Å². The number of benzene rings is 4. The molecular weight excluding hydrogens is 1220 g/mol. The van der Waals surface area contributed by atoms with Crippen LogP contribution in [0.15, 0.2) is 97.1 Å². The fourth-order valence-corrected chi connectivity index (χ4v) is 9.31. The molecule has 0 saturated carbocycles. The number of hydrogen-bond acceptors (Lipinski definition) is 14. The van der Waals surface area contributed by atoms with Crippen LogP contribution >= 0.6 is 0 Å². The highest BCUT2D eigenvalue weighted by Gasteiger charge is 2.24. The van der Waals surface area contributed by atoms with Crippen LogP contribution in [0.25, 0.3) is 0 Å². The molecule has 0 heterocycles. The molecule has 0 radical (unpaired) electrons. The minimum atomic E-state index is -0.503. The summed E-state index contributed by atoms with van der Waals surface area (Å²) in [5.41, 5.74) is 9.75. The predicted molar refractivity (Wildman–Crippen MR) is 413 cm³/mol. The van der Waals surface area contributed by atoms with Gasteiger partial charge in [0.2, 0.25) is 0 Å². The predicted octanol–water partition coefficient (Wildman–Crippen LogP) is 20.3. The van der Waals surface area contributed by atoms with Crippen molar-refractivity contribution in [2.24, 2.45) is 43.3 Å². The zero-order valence-corrected chi connectivity index (χ0v) is 66.3. The van der Waals surface area contributed by atoms with E-state index < -0.39 is 10.8 Å². The van der Waals surface area contributed by atoms with E-state index in [1.807, 2.05) is 102 Å². The number of ketones is 2. The lowest BCUT2D eigenvalue weighted by molar-refractivity contribution is -0.155. The molecule has 0 amide bonds. The Morgan fingerprint density at radius 2 is 0.541 bits per heavy atom. The molecule has 0 saturated heterocycles. The standard InChI is InChI=1S/C22H35NO4.C21H35NO3.C21H35NO2.C20H35NO/c1-21(2,3)12-7-13-26-16-19(24)14-23-18-10-8-17(9-11-18)15-27-20(25)22(4,5)6;1-20(2,3)12-7-14-24-15-13-22-18-10-8-17(9-11-18)16-25-19(23)21(4,5)6;1-20(2,3)12-7-13-24-16-19(23)15-22-18-10-8-17(9-11-18)14-21(4,5)6;1-19(2,3)12-7-14-22-15-13-21-18-10-8-17(9-11-18)16-20(4,5)6/h8-11,23H,7,12-16H2,1-6H3;8-11,22H,7,12-16H2,1-6H3;8-11,22H,7,12-16H2,1-6H3;8-11,21H,7,12-16H2,1-6H3. The van der Waals surface area contributed by atoms with Crippen molar-refractivity contribution in [3.05, 3.63) is 119 Å². The highest BCUT2D eigenvalue weighted by atomic mass is 16.5. The van der Waals surface area contributed by atoms with Gasteiger partial charge in [-0.05, 0) is 209 Å². The molecule has 14 heteroatoms. The highest BCUT2D eigenvalue weighted by molar-refractivity contribution is 5.84. The molecule has 0 aliphatic heterocycles. The number of rotatable bonds is 36. The molecular formula is C84H140N4O10. The first-order chi connectivity index (χ1) is 45.3. The molecule has 98 heavy (non-hydrogen) atoms. The second-order valence-corrected chi connectivity index (χ2v) is 35.5. The largest absolute Gasteiger partial charge is 0.460 e. The van der Waals surface area contributed by atoms with E-state index in [1.165, 1.54) is 29.7 Å². The summed E-state index contributed by atoms with van der Waals surface area (Å²) >= 11 is 0. The molecule has 0 spiro atoms. The zero-order valence-electron chi connectivity index (χ0n) is 66.3. The van der Waals surface area contributed by atoms with E-state index in [0.717, 1.165) is 112 Å². The van der Waals surface area contributed by atoms with Crippen LogP contribution in [0.4, 0.5) is 22.7 Å². The number of Topliss-reactive ketones (excluding diaryl/α,β-unsaturated/α-hetero) is 2. The van der Waals surface area contributed by atoms with Crippen molar-refractivity contribution in [3.63, 3.8) is 0 Å². The molecule has 0 atom stereocenters. The third kappa shape index (κ3) is 53.2. The Bertz CT molecular complexity index is 2780. The van der Waals surface area contributed by atoms with Crippen LogP contribution in [0.3, 0.4) is 0 Å². The average Bonchev–Trinajstić information content (AvgIpc) is 0.943. The van der Waals surface area contributed by atoms with Crippen LogP contribution in [0.1, 0.15) is 240 Å². The van der Waals surface area contributed by atoms with Crippen LogP contribution in [0.2, 0.25) is 0 Å². The Balaban J connectivity index is 0.000000655. The van der Waals surface area contributed by atoms with E-state index >= 15 is 0 Å². The fourth-order valence-electron chi connectivity index (χ4n) is 9.31. The minimum Gasteiger partial charge on any atom is -0.460 e. The van der Waals surface area contributed by atoms with Crippen LogP contribution in [0, 0.1) is 43.3 Å². The highest BCUT2D eigenvalue weighted by Crippen LogP contribution is 2.26. The Hall–Kier alpha value is -5.80. The van der Waals surface area contributed by atoms with Crippen molar-refractivity contribution in [1.82, 2.24) is 0 Å². The second-order valence-electron chi connectivity index (χ2n) is 35.5. The molecule has 0 aliphatic rings. The van der Waals surface area contributed by atoms with Crippen molar-refractivity contribution < 1.29 is 47.6 Å². The maximum Gasteiger partial charge on any atom is 0.311 e. The van der Waals surface area contributed by atoms with Gasteiger partial charge in [0, 0.05) is 62.3 Å². The van der Waals surface area contributed by atoms with Crippen LogP contribution in [-0.4, -0.2) is 103 Å². The third-order valence-electron chi connectivity index (χ3n) is 14.8. The summed E-state index contributed by atoms with van der Waals surface area (Å²) in [5, 5.41) is 13.0. The van der Waals surface area contributed by atoms with E-state index in [4.69, 9.17) is 28.4 Å². The van der Waals surface area contributed by atoms with Crippen molar-refractivity contribution in [1.29, 1.82) is 0 Å². The van der Waals surface area contributed by atoms with Gasteiger partial charge in [-0.25, -0.2) is 0 Å². The van der Waals surface area contributed by atoms with Crippen LogP contribution < -0.4 is 21.3 Å². The lowest BCUT2D eigenvalue weighted by atomic mass is 9.88. The summed E-state index contributed by atoms with van der Waals surface area (Å²) in [6.45, 7) is 58.9. The number of esters is 2. The van der Waals surface area contributed by atoms with Crippen molar-refractivity contribution in [2.45, 2.75) is 244 Å². The second kappa shape index (κ2) is 45.1. The van der Waals surface area contributed by atoms with E-state index in [0.29, 0.717) is 60.0 Å². The average molecular weight is 1370 g/mol. The lowest BCUT2D eigenvalue weighted by Gasteiger charge is -2.18. The molecule has 4 aromatic rings. The molecule has 0 unspecified atom stereocenters. The van der Waals surface area contributed by atoms with Crippen molar-refractivity contribution in [2.75, 3.05) is 100 Å². The van der Waals surface area contributed by atoms with Gasteiger partial charge < -0.3 is 49.7 Å². The number of nitrogens with one attached hydrogen (secondary N) is 4. The Morgan fingerprint density at radius 1 is 0.296 bits per heavy atom. The smallest absolute Gasteiger partial charge is 0.311 e. The third-order valence-corrected chi connectivity index (χ3v) is 14.8. The quantitative estimate of drug-likeness (QED) is 0.0250. The Labute approximate surface area is 597 Å². The number of carbonyl (C=O) groups is 4. The SMILES string of the molecule is CC(C)(C)CCCOCC(=O)CNc1ccc(CC(C)(C)C)cc1.CC(C)(C)CCCOCC(=O)CNc1ccc(COC(=O)C(C)(C)C)cc1.CC(C)(C)CCCOCCNc1ccc(CC(C)(C)C)cc1.CC(C)(C)CCCOCCNc1ccc(COC(=O)C(C)(C)C)cc1. The van der Waals surface area contributed by atoms with E-state index in [2.05, 4.69) is 182 Å². The first-order valence-electron chi connectivity index (χ1n) is 36.3. The first-order valence-corrected chi connectivity index (χ1v) is 36.3. The van der Waals surface area contributed by atoms with Gasteiger partial charge in [0.1, 0.15) is 26.4 Å². The van der Waals surface area contributed by atoms with Gasteiger partial charge in [-0.3, -0.25) is 19.2 Å². The monoisotopic (exact) mass is 1370 g/mol. The number of ether oxygens (including phenoxy) is 6. The number of hydrogen-bond donors (Lipinski definition) is 4. The van der Waals surface area contributed by atoms with Crippen LogP contribution in [0.5, 0.6) is 0 Å². The van der Waals surface area contributed by atoms with Gasteiger partial charge in [-0.1, -0.05) is 173 Å². The Morgan fingerprint density at radius 3 is 0.786 bits per heavy atom. The normalized spacial score (nSPS) is 12.2. The molecule has 4 aromatic carbocycles.